The maximum Gasteiger partial charge on any atom is 0.159 e. The fourth-order valence-electron chi connectivity index (χ4n) is 1.69. The highest BCUT2D eigenvalue weighted by Crippen LogP contribution is 2.27. The molecule has 0 radical (unpaired) electrons. The Morgan fingerprint density at radius 1 is 1.47 bits per heavy atom. The van der Waals surface area contributed by atoms with Crippen molar-refractivity contribution >= 4 is 23.1 Å². The van der Waals surface area contributed by atoms with Gasteiger partial charge in [-0.15, -0.1) is 0 Å². The zero-order valence-electron chi connectivity index (χ0n) is 10.2. The van der Waals surface area contributed by atoms with Gasteiger partial charge in [0.05, 0.1) is 10.7 Å². The summed E-state index contributed by atoms with van der Waals surface area (Å²) in [5, 5.41) is 9.42. The molecule has 0 spiro atoms. The second-order valence-corrected chi connectivity index (χ2v) is 4.29. The van der Waals surface area contributed by atoms with E-state index in [0.717, 1.165) is 18.8 Å². The van der Waals surface area contributed by atoms with Crippen LogP contribution in [0.5, 0.6) is 0 Å². The molecule has 1 aromatic carbocycles. The Bertz CT molecular complexity index is 393. The number of aliphatic hydroxyl groups excluding tert-OH is 1. The summed E-state index contributed by atoms with van der Waals surface area (Å²) in [4.78, 5) is 13.3. The van der Waals surface area contributed by atoms with Crippen LogP contribution in [0.15, 0.2) is 18.2 Å². The van der Waals surface area contributed by atoms with Gasteiger partial charge in [-0.05, 0) is 38.5 Å². The summed E-state index contributed by atoms with van der Waals surface area (Å²) in [7, 11) is 0. The number of carbonyl (C=O) groups excluding carboxylic acids is 1. The third kappa shape index (κ3) is 3.72. The lowest BCUT2D eigenvalue weighted by atomic mass is 10.1. The van der Waals surface area contributed by atoms with Gasteiger partial charge >= 0.3 is 0 Å². The summed E-state index contributed by atoms with van der Waals surface area (Å²) in [5.41, 5.74) is 1.53. The zero-order chi connectivity index (χ0) is 12.8. The molecule has 3 nitrogen and oxygen atoms in total. The molecule has 1 aromatic rings. The molecule has 4 heteroatoms. The fourth-order valence-corrected chi connectivity index (χ4v) is 1.99. The standard InChI is InChI=1S/C13H18ClNO2/c1-3-15(7-4-8-16)13-6-5-11(10(2)17)9-12(13)14/h5-6,9,16H,3-4,7-8H2,1-2H3. The van der Waals surface area contributed by atoms with Gasteiger partial charge in [-0.2, -0.15) is 0 Å². The number of benzene rings is 1. The van der Waals surface area contributed by atoms with Gasteiger partial charge in [-0.1, -0.05) is 11.6 Å². The van der Waals surface area contributed by atoms with Crippen molar-refractivity contribution in [2.24, 2.45) is 0 Å². The van der Waals surface area contributed by atoms with Crippen LogP contribution in [0.1, 0.15) is 30.6 Å². The maximum absolute atomic E-state index is 11.2. The molecule has 0 fully saturated rings. The van der Waals surface area contributed by atoms with Crippen molar-refractivity contribution in [3.63, 3.8) is 0 Å². The van der Waals surface area contributed by atoms with Crippen molar-refractivity contribution in [2.75, 3.05) is 24.6 Å². The van der Waals surface area contributed by atoms with Crippen LogP contribution in [0, 0.1) is 0 Å². The van der Waals surface area contributed by atoms with Gasteiger partial charge in [0, 0.05) is 25.3 Å². The van der Waals surface area contributed by atoms with E-state index in [-0.39, 0.29) is 12.4 Å². The number of Topliss-reactive ketones (excluding diaryl/α,β-unsaturated/α-hetero) is 1. The van der Waals surface area contributed by atoms with Crippen molar-refractivity contribution in [2.45, 2.75) is 20.3 Å². The SMILES string of the molecule is CCN(CCCO)c1ccc(C(C)=O)cc1Cl. The van der Waals surface area contributed by atoms with Crippen molar-refractivity contribution in [3.05, 3.63) is 28.8 Å². The van der Waals surface area contributed by atoms with Crippen molar-refractivity contribution in [3.8, 4) is 0 Å². The van der Waals surface area contributed by atoms with E-state index in [1.165, 1.54) is 6.92 Å². The van der Waals surface area contributed by atoms with E-state index in [2.05, 4.69) is 4.90 Å². The monoisotopic (exact) mass is 255 g/mol. The zero-order valence-corrected chi connectivity index (χ0v) is 11.0. The fraction of sp³-hybridized carbons (Fsp3) is 0.462. The van der Waals surface area contributed by atoms with Gasteiger partial charge in [-0.25, -0.2) is 0 Å². The number of rotatable bonds is 6. The highest BCUT2D eigenvalue weighted by Gasteiger charge is 2.10. The van der Waals surface area contributed by atoms with Crippen LogP contribution in [0.3, 0.4) is 0 Å². The third-order valence-electron chi connectivity index (χ3n) is 2.66. The molecule has 94 valence electrons. The van der Waals surface area contributed by atoms with Crippen molar-refractivity contribution in [1.29, 1.82) is 0 Å². The van der Waals surface area contributed by atoms with Crippen molar-refractivity contribution in [1.82, 2.24) is 0 Å². The number of nitrogens with zero attached hydrogens (tertiary/aromatic N) is 1. The lowest BCUT2D eigenvalue weighted by Gasteiger charge is -2.24. The van der Waals surface area contributed by atoms with Crippen LogP contribution < -0.4 is 4.90 Å². The predicted octanol–water partition coefficient (Wildman–Crippen LogP) is 2.75. The lowest BCUT2D eigenvalue weighted by molar-refractivity contribution is 0.101. The first-order chi connectivity index (χ1) is 8.10. The summed E-state index contributed by atoms with van der Waals surface area (Å²) in [6, 6.07) is 5.34. The molecule has 1 rings (SSSR count). The number of halogens is 1. The number of anilines is 1. The van der Waals surface area contributed by atoms with Crippen LogP contribution >= 0.6 is 11.6 Å². The average molecular weight is 256 g/mol. The van der Waals surface area contributed by atoms with Gasteiger partial charge < -0.3 is 10.0 Å². The van der Waals surface area contributed by atoms with Crippen LogP contribution in [0.4, 0.5) is 5.69 Å². The van der Waals surface area contributed by atoms with Gasteiger partial charge in [0.25, 0.3) is 0 Å². The van der Waals surface area contributed by atoms with Crippen molar-refractivity contribution < 1.29 is 9.90 Å². The normalized spacial score (nSPS) is 10.4. The molecular weight excluding hydrogens is 238 g/mol. The third-order valence-corrected chi connectivity index (χ3v) is 2.97. The molecule has 0 aromatic heterocycles. The summed E-state index contributed by atoms with van der Waals surface area (Å²) in [6.07, 6.45) is 0.707. The first-order valence-corrected chi connectivity index (χ1v) is 6.14. The molecule has 0 bridgehead atoms. The highest BCUT2D eigenvalue weighted by molar-refractivity contribution is 6.33. The van der Waals surface area contributed by atoms with E-state index >= 15 is 0 Å². The molecule has 1 N–H and O–H groups in total. The first kappa shape index (κ1) is 14.0. The first-order valence-electron chi connectivity index (χ1n) is 5.76. The van der Waals surface area contributed by atoms with E-state index in [0.29, 0.717) is 17.0 Å². The van der Waals surface area contributed by atoms with E-state index in [4.69, 9.17) is 16.7 Å². The molecule has 0 unspecified atom stereocenters. The molecule has 0 atom stereocenters. The van der Waals surface area contributed by atoms with Crippen LogP contribution in [0.25, 0.3) is 0 Å². The van der Waals surface area contributed by atoms with Crippen LogP contribution in [-0.2, 0) is 0 Å². The van der Waals surface area contributed by atoms with E-state index in [9.17, 15) is 4.79 Å². The second kappa shape index (κ2) is 6.62. The average Bonchev–Trinajstić information content (AvgIpc) is 2.31. The second-order valence-electron chi connectivity index (χ2n) is 3.88. The number of hydrogen-bond acceptors (Lipinski definition) is 3. The quantitative estimate of drug-likeness (QED) is 0.795. The minimum atomic E-state index is 0.0110. The molecular formula is C13H18ClNO2. The Balaban J connectivity index is 2.92. The van der Waals surface area contributed by atoms with Gasteiger partial charge in [0.1, 0.15) is 0 Å². The number of aliphatic hydroxyl groups is 1. The maximum atomic E-state index is 11.2. The minimum Gasteiger partial charge on any atom is -0.396 e. The molecule has 0 saturated carbocycles. The molecule has 0 aliphatic heterocycles. The Labute approximate surface area is 107 Å². The predicted molar refractivity (Wildman–Crippen MR) is 71.0 cm³/mol. The van der Waals surface area contributed by atoms with E-state index in [1.54, 1.807) is 12.1 Å². The van der Waals surface area contributed by atoms with E-state index in [1.807, 2.05) is 13.0 Å². The summed E-state index contributed by atoms with van der Waals surface area (Å²) < 4.78 is 0. The van der Waals surface area contributed by atoms with E-state index < -0.39 is 0 Å². The highest BCUT2D eigenvalue weighted by atomic mass is 35.5. The molecule has 17 heavy (non-hydrogen) atoms. The smallest absolute Gasteiger partial charge is 0.159 e. The van der Waals surface area contributed by atoms with Gasteiger partial charge in [-0.3, -0.25) is 4.79 Å². The number of hydrogen-bond donors (Lipinski definition) is 1. The number of carbonyl (C=O) groups is 1. The molecule has 0 aliphatic rings. The molecule has 0 heterocycles. The molecule has 0 aliphatic carbocycles. The summed E-state index contributed by atoms with van der Waals surface area (Å²) in [5.74, 6) is 0.0110. The largest absolute Gasteiger partial charge is 0.396 e. The lowest BCUT2D eigenvalue weighted by Crippen LogP contribution is -2.25. The Morgan fingerprint density at radius 3 is 2.65 bits per heavy atom. The van der Waals surface area contributed by atoms with Gasteiger partial charge in [0.15, 0.2) is 5.78 Å². The number of ketones is 1. The summed E-state index contributed by atoms with van der Waals surface area (Å²) in [6.45, 7) is 5.30. The molecule has 0 amide bonds. The van der Waals surface area contributed by atoms with Gasteiger partial charge in [0.2, 0.25) is 0 Å². The summed E-state index contributed by atoms with van der Waals surface area (Å²) >= 11 is 6.17. The minimum absolute atomic E-state index is 0.0110. The Kier molecular flexibility index (Phi) is 5.45. The Hall–Kier alpha value is -1.06. The topological polar surface area (TPSA) is 40.5 Å². The molecule has 0 saturated heterocycles. The van der Waals surface area contributed by atoms with Crippen LogP contribution in [-0.4, -0.2) is 30.6 Å². The van der Waals surface area contributed by atoms with Crippen LogP contribution in [0.2, 0.25) is 5.02 Å². The Morgan fingerprint density at radius 2 is 2.18 bits per heavy atom.